The van der Waals surface area contributed by atoms with Crippen LogP contribution in [0.5, 0.6) is 5.75 Å². The van der Waals surface area contributed by atoms with Crippen molar-refractivity contribution in [3.8, 4) is 5.75 Å². The SMILES string of the molecule is Nc1nnc(CC(=O)N/N=C/c2ccc(OCc3ccccc3Cl)cc2)s1. The Balaban J connectivity index is 1.47. The van der Waals surface area contributed by atoms with Crippen LogP contribution in [0.3, 0.4) is 0 Å². The third-order valence-corrected chi connectivity index (χ3v) is 4.55. The van der Waals surface area contributed by atoms with E-state index in [1.54, 1.807) is 6.21 Å². The van der Waals surface area contributed by atoms with E-state index in [0.29, 0.717) is 27.5 Å². The van der Waals surface area contributed by atoms with Gasteiger partial charge in [0.15, 0.2) is 0 Å². The molecular weight excluding hydrogens is 386 g/mol. The van der Waals surface area contributed by atoms with Crippen molar-refractivity contribution >= 4 is 40.2 Å². The number of hydrogen-bond acceptors (Lipinski definition) is 7. The molecule has 0 unspecified atom stereocenters. The number of carbonyl (C=O) groups is 1. The molecule has 0 aliphatic rings. The number of nitrogens with one attached hydrogen (secondary N) is 1. The first-order valence-corrected chi connectivity index (χ1v) is 9.15. The molecule has 1 amide bonds. The Labute approximate surface area is 164 Å². The Morgan fingerprint density at radius 2 is 2.00 bits per heavy atom. The van der Waals surface area contributed by atoms with Gasteiger partial charge in [0, 0.05) is 10.6 Å². The maximum absolute atomic E-state index is 11.8. The summed E-state index contributed by atoms with van der Waals surface area (Å²) in [4.78, 5) is 11.8. The van der Waals surface area contributed by atoms with Crippen LogP contribution in [0.15, 0.2) is 53.6 Å². The molecule has 1 heterocycles. The van der Waals surface area contributed by atoms with Gasteiger partial charge in [0.1, 0.15) is 17.4 Å². The molecule has 0 bridgehead atoms. The number of benzene rings is 2. The zero-order valence-electron chi connectivity index (χ0n) is 14.1. The summed E-state index contributed by atoms with van der Waals surface area (Å²) in [5.74, 6) is 0.423. The zero-order valence-corrected chi connectivity index (χ0v) is 15.7. The Kier molecular flexibility index (Phi) is 6.35. The van der Waals surface area contributed by atoms with Gasteiger partial charge in [0.25, 0.3) is 0 Å². The van der Waals surface area contributed by atoms with E-state index in [2.05, 4.69) is 20.7 Å². The van der Waals surface area contributed by atoms with Crippen molar-refractivity contribution in [3.63, 3.8) is 0 Å². The molecule has 3 N–H and O–H groups in total. The molecule has 0 radical (unpaired) electrons. The van der Waals surface area contributed by atoms with Crippen molar-refractivity contribution in [3.05, 3.63) is 69.7 Å². The summed E-state index contributed by atoms with van der Waals surface area (Å²) < 4.78 is 5.72. The van der Waals surface area contributed by atoms with Gasteiger partial charge in [-0.3, -0.25) is 4.79 Å². The first kappa shape index (κ1) is 18.8. The van der Waals surface area contributed by atoms with Crippen molar-refractivity contribution in [2.45, 2.75) is 13.0 Å². The van der Waals surface area contributed by atoms with Crippen LogP contribution in [0.2, 0.25) is 5.02 Å². The minimum Gasteiger partial charge on any atom is -0.489 e. The molecule has 3 rings (SSSR count). The van der Waals surface area contributed by atoms with Crippen molar-refractivity contribution in [2.24, 2.45) is 5.10 Å². The number of amides is 1. The molecule has 0 aliphatic heterocycles. The van der Waals surface area contributed by atoms with Crippen LogP contribution in [0.4, 0.5) is 5.13 Å². The summed E-state index contributed by atoms with van der Waals surface area (Å²) in [5.41, 5.74) is 9.65. The van der Waals surface area contributed by atoms with Crippen molar-refractivity contribution < 1.29 is 9.53 Å². The van der Waals surface area contributed by atoms with Crippen LogP contribution in [-0.4, -0.2) is 22.3 Å². The van der Waals surface area contributed by atoms with Crippen LogP contribution in [0, 0.1) is 0 Å². The van der Waals surface area contributed by atoms with Crippen molar-refractivity contribution in [2.75, 3.05) is 5.73 Å². The third-order valence-electron chi connectivity index (χ3n) is 3.43. The quantitative estimate of drug-likeness (QED) is 0.468. The molecule has 2 aromatic carbocycles. The fraction of sp³-hybridized carbons (Fsp3) is 0.111. The number of hydrogen-bond donors (Lipinski definition) is 2. The minimum atomic E-state index is -0.290. The van der Waals surface area contributed by atoms with E-state index in [1.165, 1.54) is 11.3 Å². The van der Waals surface area contributed by atoms with E-state index in [4.69, 9.17) is 22.1 Å². The van der Waals surface area contributed by atoms with E-state index in [-0.39, 0.29) is 12.3 Å². The standard InChI is InChI=1S/C18H16ClN5O2S/c19-15-4-2-1-3-13(15)11-26-14-7-5-12(6-8-14)10-21-22-16(25)9-17-23-24-18(20)27-17/h1-8,10H,9,11H2,(H2,20,24)(H,22,25)/b21-10+. The van der Waals surface area contributed by atoms with Gasteiger partial charge in [-0.2, -0.15) is 5.10 Å². The molecule has 1 aromatic heterocycles. The van der Waals surface area contributed by atoms with Crippen molar-refractivity contribution in [1.82, 2.24) is 15.6 Å². The average molecular weight is 402 g/mol. The Bertz CT molecular complexity index is 943. The summed E-state index contributed by atoms with van der Waals surface area (Å²) in [6.07, 6.45) is 1.63. The van der Waals surface area contributed by atoms with E-state index >= 15 is 0 Å². The predicted octanol–water partition coefficient (Wildman–Crippen LogP) is 3.05. The summed E-state index contributed by atoms with van der Waals surface area (Å²) in [6.45, 7) is 0.388. The number of nitrogens with two attached hydrogens (primary N) is 1. The number of hydrazone groups is 1. The third kappa shape index (κ3) is 5.77. The molecule has 0 saturated carbocycles. The number of anilines is 1. The van der Waals surface area contributed by atoms with Crippen LogP contribution >= 0.6 is 22.9 Å². The highest BCUT2D eigenvalue weighted by Crippen LogP contribution is 2.18. The molecular formula is C18H16ClN5O2S. The summed E-state index contributed by atoms with van der Waals surface area (Å²) in [6, 6.07) is 14.9. The predicted molar refractivity (Wildman–Crippen MR) is 106 cm³/mol. The summed E-state index contributed by atoms with van der Waals surface area (Å²) in [7, 11) is 0. The molecule has 138 valence electrons. The van der Waals surface area contributed by atoms with E-state index in [1.807, 2.05) is 48.5 Å². The number of nitrogen functional groups attached to an aromatic ring is 1. The maximum Gasteiger partial charge on any atom is 0.247 e. The average Bonchev–Trinajstić information content (AvgIpc) is 3.07. The first-order chi connectivity index (χ1) is 13.1. The maximum atomic E-state index is 11.8. The topological polar surface area (TPSA) is 102 Å². The molecule has 9 heteroatoms. The molecule has 7 nitrogen and oxygen atoms in total. The number of aromatic nitrogens is 2. The highest BCUT2D eigenvalue weighted by Gasteiger charge is 2.07. The van der Waals surface area contributed by atoms with Gasteiger partial charge in [0.2, 0.25) is 11.0 Å². The van der Waals surface area contributed by atoms with Crippen LogP contribution in [0.25, 0.3) is 0 Å². The lowest BCUT2D eigenvalue weighted by Crippen LogP contribution is -2.19. The van der Waals surface area contributed by atoms with E-state index < -0.39 is 0 Å². The number of ether oxygens (including phenoxy) is 1. The zero-order chi connectivity index (χ0) is 19.1. The highest BCUT2D eigenvalue weighted by atomic mass is 35.5. The highest BCUT2D eigenvalue weighted by molar-refractivity contribution is 7.15. The summed E-state index contributed by atoms with van der Waals surface area (Å²) in [5, 5.41) is 12.9. The molecule has 3 aromatic rings. The molecule has 0 aliphatic carbocycles. The lowest BCUT2D eigenvalue weighted by molar-refractivity contribution is -0.120. The van der Waals surface area contributed by atoms with Gasteiger partial charge >= 0.3 is 0 Å². The first-order valence-electron chi connectivity index (χ1n) is 7.96. The molecule has 0 spiro atoms. The van der Waals surface area contributed by atoms with Crippen LogP contribution < -0.4 is 15.9 Å². The van der Waals surface area contributed by atoms with Gasteiger partial charge in [-0.15, -0.1) is 10.2 Å². The lowest BCUT2D eigenvalue weighted by atomic mass is 10.2. The molecule has 0 fully saturated rings. The second kappa shape index (κ2) is 9.11. The number of nitrogens with zero attached hydrogens (tertiary/aromatic N) is 3. The normalized spacial score (nSPS) is 10.9. The number of halogens is 1. The van der Waals surface area contributed by atoms with Gasteiger partial charge in [-0.05, 0) is 35.9 Å². The van der Waals surface area contributed by atoms with Gasteiger partial charge in [0.05, 0.1) is 12.6 Å². The number of rotatable bonds is 7. The molecule has 0 atom stereocenters. The van der Waals surface area contributed by atoms with Crippen LogP contribution in [0.1, 0.15) is 16.1 Å². The minimum absolute atomic E-state index is 0.0844. The largest absolute Gasteiger partial charge is 0.489 e. The van der Waals surface area contributed by atoms with E-state index in [0.717, 1.165) is 11.1 Å². The lowest BCUT2D eigenvalue weighted by Gasteiger charge is -2.07. The second-order valence-corrected chi connectivity index (χ2v) is 6.95. The molecule has 27 heavy (non-hydrogen) atoms. The number of carbonyl (C=O) groups excluding carboxylic acids is 1. The Hall–Kier alpha value is -2.97. The van der Waals surface area contributed by atoms with Gasteiger partial charge in [-0.25, -0.2) is 5.43 Å². The second-order valence-electron chi connectivity index (χ2n) is 5.45. The fourth-order valence-electron chi connectivity index (χ4n) is 2.12. The fourth-order valence-corrected chi connectivity index (χ4v) is 2.92. The smallest absolute Gasteiger partial charge is 0.247 e. The van der Waals surface area contributed by atoms with Crippen LogP contribution in [-0.2, 0) is 17.8 Å². The van der Waals surface area contributed by atoms with Crippen molar-refractivity contribution in [1.29, 1.82) is 0 Å². The van der Waals surface area contributed by atoms with Gasteiger partial charge < -0.3 is 10.5 Å². The monoisotopic (exact) mass is 401 g/mol. The van der Waals surface area contributed by atoms with Gasteiger partial charge in [-0.1, -0.05) is 41.1 Å². The molecule has 0 saturated heterocycles. The van der Waals surface area contributed by atoms with E-state index in [9.17, 15) is 4.79 Å². The Morgan fingerprint density at radius 3 is 2.70 bits per heavy atom. The summed E-state index contributed by atoms with van der Waals surface area (Å²) >= 11 is 7.28. The Morgan fingerprint density at radius 1 is 1.22 bits per heavy atom.